The van der Waals surface area contributed by atoms with Gasteiger partial charge in [0.15, 0.2) is 10.9 Å². The maximum absolute atomic E-state index is 13.3. The van der Waals surface area contributed by atoms with Gasteiger partial charge in [-0.1, -0.05) is 49.0 Å². The average Bonchev–Trinajstić information content (AvgIpc) is 2.78. The molecule has 0 spiro atoms. The van der Waals surface area contributed by atoms with Crippen molar-refractivity contribution in [3.05, 3.63) is 71.9 Å². The third-order valence-electron chi connectivity index (χ3n) is 4.25. The number of rotatable bonds is 7. The van der Waals surface area contributed by atoms with Crippen LogP contribution in [0.1, 0.15) is 18.2 Å². The monoisotopic (exact) mass is 475 g/mol. The zero-order valence-corrected chi connectivity index (χ0v) is 18.3. The van der Waals surface area contributed by atoms with E-state index in [9.17, 15) is 22.8 Å². The van der Waals surface area contributed by atoms with Crippen LogP contribution in [0, 0.1) is 0 Å². The summed E-state index contributed by atoms with van der Waals surface area (Å²) in [7, 11) is 0. The van der Waals surface area contributed by atoms with E-state index in [1.807, 2.05) is 19.1 Å². The number of carbonyl (C=O) groups is 2. The lowest BCUT2D eigenvalue weighted by molar-refractivity contribution is -0.141. The molecule has 0 aliphatic heterocycles. The fourth-order valence-electron chi connectivity index (χ4n) is 2.65. The Balaban J connectivity index is 1.62. The quantitative estimate of drug-likeness (QED) is 0.319. The second-order valence-corrected chi connectivity index (χ2v) is 7.69. The normalized spacial score (nSPS) is 11.0. The van der Waals surface area contributed by atoms with Crippen molar-refractivity contribution < 1.29 is 22.8 Å². The Morgan fingerprint density at radius 2 is 1.67 bits per heavy atom. The van der Waals surface area contributed by atoms with Crippen LogP contribution in [0.25, 0.3) is 0 Å². The zero-order valence-electron chi connectivity index (χ0n) is 17.4. The van der Waals surface area contributed by atoms with Crippen LogP contribution in [0.15, 0.2) is 65.8 Å². The molecule has 33 heavy (non-hydrogen) atoms. The number of amides is 3. The lowest BCUT2D eigenvalue weighted by Crippen LogP contribution is -2.35. The third-order valence-corrected chi connectivity index (χ3v) is 5.09. The molecule has 0 aliphatic rings. The number of imide groups is 1. The first-order valence-electron chi connectivity index (χ1n) is 9.84. The minimum atomic E-state index is -4.69. The topological polar surface area (TPSA) is 96.0 Å². The summed E-state index contributed by atoms with van der Waals surface area (Å²) in [6.07, 6.45) is -3.84. The van der Waals surface area contributed by atoms with Crippen molar-refractivity contribution in [2.24, 2.45) is 0 Å². The van der Waals surface area contributed by atoms with E-state index in [2.05, 4.69) is 25.9 Å². The molecule has 3 rings (SSSR count). The summed E-state index contributed by atoms with van der Waals surface area (Å²) in [6.45, 7) is 2.00. The Hall–Kier alpha value is -3.60. The molecule has 2 aromatic carbocycles. The van der Waals surface area contributed by atoms with E-state index in [4.69, 9.17) is 0 Å². The van der Waals surface area contributed by atoms with Gasteiger partial charge in [-0.25, -0.2) is 14.8 Å². The summed E-state index contributed by atoms with van der Waals surface area (Å²) in [5.41, 5.74) is 0.993. The summed E-state index contributed by atoms with van der Waals surface area (Å²) < 4.78 is 39.8. The number of alkyl halides is 3. The van der Waals surface area contributed by atoms with Crippen LogP contribution >= 0.6 is 11.8 Å². The SMILES string of the molecule is CCc1ccc(NC(=O)NC(=O)CSc2nc(Nc3ccccc3)cc(C(F)(F)F)n2)cc1. The Kier molecular flexibility index (Phi) is 7.88. The highest BCUT2D eigenvalue weighted by Crippen LogP contribution is 2.31. The molecule has 0 radical (unpaired) electrons. The molecule has 1 aromatic heterocycles. The molecule has 0 unspecified atom stereocenters. The molecule has 0 atom stereocenters. The molecule has 1 heterocycles. The number of nitrogens with zero attached hydrogens (tertiary/aromatic N) is 2. The fourth-order valence-corrected chi connectivity index (χ4v) is 3.31. The minimum absolute atomic E-state index is 0.0697. The number of hydrogen-bond donors (Lipinski definition) is 3. The van der Waals surface area contributed by atoms with Gasteiger partial charge < -0.3 is 10.6 Å². The Labute approximate surface area is 192 Å². The summed E-state index contributed by atoms with van der Waals surface area (Å²) in [5, 5.41) is 7.17. The Morgan fingerprint density at radius 3 is 2.30 bits per heavy atom. The molecule has 11 heteroatoms. The summed E-state index contributed by atoms with van der Waals surface area (Å²) in [5.74, 6) is -1.13. The first-order chi connectivity index (χ1) is 15.7. The van der Waals surface area contributed by atoms with Gasteiger partial charge in [0, 0.05) is 17.4 Å². The molecule has 7 nitrogen and oxygen atoms in total. The first kappa shape index (κ1) is 24.1. The van der Waals surface area contributed by atoms with Gasteiger partial charge in [-0.05, 0) is 36.2 Å². The van der Waals surface area contributed by atoms with Gasteiger partial charge in [-0.2, -0.15) is 13.2 Å². The number of carbonyl (C=O) groups excluding carboxylic acids is 2. The third kappa shape index (κ3) is 7.49. The van der Waals surface area contributed by atoms with Crippen molar-refractivity contribution in [2.45, 2.75) is 24.7 Å². The van der Waals surface area contributed by atoms with E-state index in [-0.39, 0.29) is 16.7 Å². The minimum Gasteiger partial charge on any atom is -0.340 e. The van der Waals surface area contributed by atoms with Crippen molar-refractivity contribution in [1.29, 1.82) is 0 Å². The van der Waals surface area contributed by atoms with E-state index in [0.717, 1.165) is 18.1 Å². The van der Waals surface area contributed by atoms with Crippen molar-refractivity contribution >= 4 is 40.9 Å². The van der Waals surface area contributed by atoms with Crippen LogP contribution in [0.3, 0.4) is 0 Å². The lowest BCUT2D eigenvalue weighted by atomic mass is 10.1. The van der Waals surface area contributed by atoms with Crippen LogP contribution < -0.4 is 16.0 Å². The Bertz CT molecular complexity index is 1110. The van der Waals surface area contributed by atoms with Gasteiger partial charge in [0.25, 0.3) is 0 Å². The summed E-state index contributed by atoms with van der Waals surface area (Å²) in [4.78, 5) is 31.6. The van der Waals surface area contributed by atoms with E-state index in [0.29, 0.717) is 23.1 Å². The molecule has 0 fully saturated rings. The predicted octanol–water partition coefficient (Wildman–Crippen LogP) is 5.24. The number of urea groups is 1. The van der Waals surface area contributed by atoms with Crippen molar-refractivity contribution in [2.75, 3.05) is 16.4 Å². The van der Waals surface area contributed by atoms with Crippen molar-refractivity contribution in [3.8, 4) is 0 Å². The molecule has 172 valence electrons. The van der Waals surface area contributed by atoms with Gasteiger partial charge in [-0.15, -0.1) is 0 Å². The van der Waals surface area contributed by atoms with Gasteiger partial charge in [-0.3, -0.25) is 10.1 Å². The largest absolute Gasteiger partial charge is 0.433 e. The molecule has 0 saturated heterocycles. The molecule has 0 bridgehead atoms. The van der Waals surface area contributed by atoms with Crippen LogP contribution in [-0.2, 0) is 17.4 Å². The molecule has 3 aromatic rings. The highest BCUT2D eigenvalue weighted by atomic mass is 32.2. The van der Waals surface area contributed by atoms with Crippen LogP contribution in [-0.4, -0.2) is 27.7 Å². The lowest BCUT2D eigenvalue weighted by Gasteiger charge is -2.12. The number of thioether (sulfide) groups is 1. The maximum Gasteiger partial charge on any atom is 0.433 e. The van der Waals surface area contributed by atoms with E-state index in [1.165, 1.54) is 0 Å². The van der Waals surface area contributed by atoms with Crippen LogP contribution in [0.4, 0.5) is 35.2 Å². The number of anilines is 3. The molecule has 0 aliphatic carbocycles. The maximum atomic E-state index is 13.3. The van der Waals surface area contributed by atoms with Crippen molar-refractivity contribution in [3.63, 3.8) is 0 Å². The second-order valence-electron chi connectivity index (χ2n) is 6.75. The summed E-state index contributed by atoms with van der Waals surface area (Å²) >= 11 is 0.682. The standard InChI is InChI=1S/C22H20F3N5O2S/c1-2-14-8-10-16(11-9-14)27-20(32)30-19(31)13-33-21-28-17(22(23,24)25)12-18(29-21)26-15-6-4-3-5-7-15/h3-12H,2,13H2,1H3,(H,26,28,29)(H2,27,30,31,32). The molecular formula is C22H20F3N5O2S. The smallest absolute Gasteiger partial charge is 0.340 e. The number of aryl methyl sites for hydroxylation is 1. The molecule has 3 amide bonds. The van der Waals surface area contributed by atoms with Gasteiger partial charge in [0.05, 0.1) is 5.75 Å². The second kappa shape index (κ2) is 10.8. The number of benzene rings is 2. The van der Waals surface area contributed by atoms with E-state index >= 15 is 0 Å². The van der Waals surface area contributed by atoms with E-state index in [1.54, 1.807) is 42.5 Å². The number of hydrogen-bond acceptors (Lipinski definition) is 6. The van der Waals surface area contributed by atoms with Crippen LogP contribution in [0.2, 0.25) is 0 Å². The predicted molar refractivity (Wildman–Crippen MR) is 120 cm³/mol. The summed E-state index contributed by atoms with van der Waals surface area (Å²) in [6, 6.07) is 15.7. The average molecular weight is 475 g/mol. The zero-order chi connectivity index (χ0) is 23.8. The highest BCUT2D eigenvalue weighted by Gasteiger charge is 2.34. The van der Waals surface area contributed by atoms with E-state index < -0.39 is 23.8 Å². The number of halogens is 3. The highest BCUT2D eigenvalue weighted by molar-refractivity contribution is 7.99. The van der Waals surface area contributed by atoms with Crippen LogP contribution in [0.5, 0.6) is 0 Å². The molecular weight excluding hydrogens is 455 g/mol. The Morgan fingerprint density at radius 1 is 0.970 bits per heavy atom. The number of nitrogens with one attached hydrogen (secondary N) is 3. The molecule has 3 N–H and O–H groups in total. The van der Waals surface area contributed by atoms with Crippen molar-refractivity contribution in [1.82, 2.24) is 15.3 Å². The number of aromatic nitrogens is 2. The van der Waals surface area contributed by atoms with Gasteiger partial charge >= 0.3 is 12.2 Å². The molecule has 0 saturated carbocycles. The van der Waals surface area contributed by atoms with Gasteiger partial charge in [0.2, 0.25) is 5.91 Å². The van der Waals surface area contributed by atoms with Gasteiger partial charge in [0.1, 0.15) is 5.82 Å². The number of para-hydroxylation sites is 1. The first-order valence-corrected chi connectivity index (χ1v) is 10.8. The fraction of sp³-hybridized carbons (Fsp3) is 0.182.